The smallest absolute Gasteiger partial charge is 0.175 e. The number of rotatable bonds is 9. The van der Waals surface area contributed by atoms with Crippen molar-refractivity contribution < 1.29 is 26.7 Å². The van der Waals surface area contributed by atoms with Gasteiger partial charge in [-0.1, -0.05) is 12.1 Å². The van der Waals surface area contributed by atoms with Crippen molar-refractivity contribution in [1.29, 1.82) is 0 Å². The van der Waals surface area contributed by atoms with E-state index < -0.39 is 21.5 Å². The van der Waals surface area contributed by atoms with Crippen LogP contribution in [0.1, 0.15) is 11.3 Å². The van der Waals surface area contributed by atoms with Crippen LogP contribution >= 0.6 is 0 Å². The van der Waals surface area contributed by atoms with Gasteiger partial charge in [0.15, 0.2) is 21.5 Å². The maximum atomic E-state index is 14.0. The first-order valence-electron chi connectivity index (χ1n) is 9.76. The van der Waals surface area contributed by atoms with Crippen LogP contribution in [0, 0.1) is 18.6 Å². The molecule has 0 amide bonds. The summed E-state index contributed by atoms with van der Waals surface area (Å²) in [5, 5.41) is 0. The van der Waals surface area contributed by atoms with Gasteiger partial charge in [0.2, 0.25) is 0 Å². The Labute approximate surface area is 181 Å². The van der Waals surface area contributed by atoms with Crippen LogP contribution in [0.2, 0.25) is 0 Å². The Morgan fingerprint density at radius 2 is 1.65 bits per heavy atom. The van der Waals surface area contributed by atoms with Crippen LogP contribution in [0.25, 0.3) is 16.9 Å². The molecule has 1 aromatic heterocycles. The number of benzene rings is 2. The Hall–Kier alpha value is -2.55. The van der Waals surface area contributed by atoms with Gasteiger partial charge < -0.3 is 14.0 Å². The molecule has 166 valence electrons. The third kappa shape index (κ3) is 5.39. The molecule has 8 heteroatoms. The summed E-state index contributed by atoms with van der Waals surface area (Å²) in [5.41, 5.74) is 3.83. The molecule has 0 saturated carbocycles. The fraction of sp³-hybridized carbons (Fsp3) is 0.304. The Balaban J connectivity index is 2.03. The molecule has 0 spiro atoms. The lowest BCUT2D eigenvalue weighted by molar-refractivity contribution is 0.0722. The van der Waals surface area contributed by atoms with Gasteiger partial charge in [0.25, 0.3) is 0 Å². The number of aromatic nitrogens is 1. The van der Waals surface area contributed by atoms with E-state index in [9.17, 15) is 17.2 Å². The van der Waals surface area contributed by atoms with Crippen LogP contribution < -0.4 is 0 Å². The molecule has 5 nitrogen and oxygen atoms in total. The predicted molar refractivity (Wildman–Crippen MR) is 115 cm³/mol. The molecule has 3 rings (SSSR count). The summed E-state index contributed by atoms with van der Waals surface area (Å²) in [6.45, 7) is 3.38. The molecule has 0 radical (unpaired) electrons. The van der Waals surface area contributed by atoms with Gasteiger partial charge in [-0.2, -0.15) is 0 Å². The van der Waals surface area contributed by atoms with Gasteiger partial charge in [-0.3, -0.25) is 0 Å². The van der Waals surface area contributed by atoms with Crippen LogP contribution in [0.3, 0.4) is 0 Å². The zero-order chi connectivity index (χ0) is 22.6. The third-order valence-electron chi connectivity index (χ3n) is 5.04. The van der Waals surface area contributed by atoms with Gasteiger partial charge in [-0.05, 0) is 54.8 Å². The second-order valence-electron chi connectivity index (χ2n) is 7.23. The average Bonchev–Trinajstić information content (AvgIpc) is 3.06. The van der Waals surface area contributed by atoms with E-state index in [0.717, 1.165) is 40.9 Å². The first kappa shape index (κ1) is 23.1. The van der Waals surface area contributed by atoms with Gasteiger partial charge >= 0.3 is 0 Å². The van der Waals surface area contributed by atoms with Crippen LogP contribution in [0.15, 0.2) is 53.4 Å². The molecule has 0 aliphatic rings. The van der Waals surface area contributed by atoms with Crippen molar-refractivity contribution in [2.75, 3.05) is 33.2 Å². The van der Waals surface area contributed by atoms with E-state index in [4.69, 9.17) is 9.47 Å². The van der Waals surface area contributed by atoms with Crippen LogP contribution in [-0.4, -0.2) is 46.2 Å². The van der Waals surface area contributed by atoms with Crippen LogP contribution in [0.5, 0.6) is 0 Å². The molecule has 0 N–H and O–H groups in total. The van der Waals surface area contributed by atoms with E-state index in [1.165, 1.54) is 18.2 Å². The molecule has 31 heavy (non-hydrogen) atoms. The summed E-state index contributed by atoms with van der Waals surface area (Å²) in [4.78, 5) is 0.214. The summed E-state index contributed by atoms with van der Waals surface area (Å²) in [7, 11) is -1.71. The molecule has 2 aromatic carbocycles. The molecule has 0 fully saturated rings. The Morgan fingerprint density at radius 1 is 0.935 bits per heavy atom. The monoisotopic (exact) mass is 449 g/mol. The summed E-state index contributed by atoms with van der Waals surface area (Å²) >= 11 is 0. The Morgan fingerprint density at radius 3 is 2.26 bits per heavy atom. The second-order valence-corrected chi connectivity index (χ2v) is 9.24. The van der Waals surface area contributed by atoms with Gasteiger partial charge in [-0.25, -0.2) is 17.2 Å². The molecular weight excluding hydrogens is 424 g/mol. The Bertz CT molecular complexity index is 1160. The normalized spacial score (nSPS) is 11.8. The summed E-state index contributed by atoms with van der Waals surface area (Å²) in [6.07, 6.45) is 1.78. The van der Waals surface area contributed by atoms with E-state index in [0.29, 0.717) is 31.9 Å². The fourth-order valence-electron chi connectivity index (χ4n) is 3.38. The number of halogens is 2. The highest BCUT2D eigenvalue weighted by atomic mass is 32.2. The van der Waals surface area contributed by atoms with Crippen molar-refractivity contribution in [3.8, 4) is 16.9 Å². The lowest BCUT2D eigenvalue weighted by Crippen LogP contribution is -2.06. The lowest BCUT2D eigenvalue weighted by atomic mass is 10.1. The molecule has 0 bridgehead atoms. The van der Waals surface area contributed by atoms with Crippen molar-refractivity contribution in [3.63, 3.8) is 0 Å². The van der Waals surface area contributed by atoms with E-state index in [2.05, 4.69) is 0 Å². The predicted octanol–water partition coefficient (Wildman–Crippen LogP) is 4.34. The van der Waals surface area contributed by atoms with Crippen molar-refractivity contribution in [3.05, 3.63) is 71.4 Å². The number of methoxy groups -OCH3 is 1. The molecule has 0 saturated heterocycles. The summed E-state index contributed by atoms with van der Waals surface area (Å²) in [5.74, 6) is -1.85. The highest BCUT2D eigenvalue weighted by Crippen LogP contribution is 2.31. The SMILES string of the molecule is COCCOCCc1cc(-c2ccc(S(C)(=O)=O)cc2)n(-c2ccc(F)c(F)c2)c1C. The van der Waals surface area contributed by atoms with Crippen molar-refractivity contribution in [2.24, 2.45) is 0 Å². The minimum atomic E-state index is -3.32. The molecule has 0 aliphatic carbocycles. The number of hydrogen-bond donors (Lipinski definition) is 0. The number of nitrogens with zero attached hydrogens (tertiary/aromatic N) is 1. The zero-order valence-electron chi connectivity index (χ0n) is 17.7. The number of hydrogen-bond acceptors (Lipinski definition) is 4. The van der Waals surface area contributed by atoms with E-state index in [1.807, 2.05) is 17.6 Å². The second kappa shape index (κ2) is 9.72. The van der Waals surface area contributed by atoms with Crippen molar-refractivity contribution in [1.82, 2.24) is 4.57 Å². The van der Waals surface area contributed by atoms with Gasteiger partial charge in [0.05, 0.1) is 30.4 Å². The van der Waals surface area contributed by atoms with E-state index in [-0.39, 0.29) is 4.90 Å². The zero-order valence-corrected chi connectivity index (χ0v) is 18.5. The molecule has 0 aliphatic heterocycles. The fourth-order valence-corrected chi connectivity index (χ4v) is 4.01. The highest BCUT2D eigenvalue weighted by molar-refractivity contribution is 7.90. The quantitative estimate of drug-likeness (QED) is 0.456. The van der Waals surface area contributed by atoms with Crippen LogP contribution in [-0.2, 0) is 25.7 Å². The maximum Gasteiger partial charge on any atom is 0.175 e. The highest BCUT2D eigenvalue weighted by Gasteiger charge is 2.17. The first-order chi connectivity index (χ1) is 14.7. The third-order valence-corrected chi connectivity index (χ3v) is 6.17. The molecule has 0 atom stereocenters. The first-order valence-corrected chi connectivity index (χ1v) is 11.7. The van der Waals surface area contributed by atoms with Gasteiger partial charge in [0, 0.05) is 30.8 Å². The largest absolute Gasteiger partial charge is 0.382 e. The van der Waals surface area contributed by atoms with Gasteiger partial charge in [-0.15, -0.1) is 0 Å². The average molecular weight is 450 g/mol. The van der Waals surface area contributed by atoms with E-state index >= 15 is 0 Å². The van der Waals surface area contributed by atoms with Gasteiger partial charge in [0.1, 0.15) is 0 Å². The minimum absolute atomic E-state index is 0.214. The maximum absolute atomic E-state index is 14.0. The lowest BCUT2D eigenvalue weighted by Gasteiger charge is -2.13. The van der Waals surface area contributed by atoms with Crippen LogP contribution in [0.4, 0.5) is 8.78 Å². The molecule has 3 aromatic rings. The summed E-state index contributed by atoms with van der Waals surface area (Å²) < 4.78 is 63.4. The Kier molecular flexibility index (Phi) is 7.25. The summed E-state index contributed by atoms with van der Waals surface area (Å²) in [6, 6.07) is 12.2. The molecule has 0 unspecified atom stereocenters. The number of ether oxygens (including phenoxy) is 2. The molecule has 1 heterocycles. The topological polar surface area (TPSA) is 57.5 Å². The standard InChI is InChI=1S/C23H25F2NO4S/c1-16-18(10-11-30-13-12-29-2)14-23(17-4-7-20(8-5-17)31(3,27)28)26(16)19-6-9-21(24)22(25)15-19/h4-9,14-15H,10-13H2,1-3H3. The van der Waals surface area contributed by atoms with Crippen molar-refractivity contribution >= 4 is 9.84 Å². The minimum Gasteiger partial charge on any atom is -0.382 e. The van der Waals surface area contributed by atoms with Crippen molar-refractivity contribution in [2.45, 2.75) is 18.2 Å². The van der Waals surface area contributed by atoms with E-state index in [1.54, 1.807) is 19.2 Å². The molecular formula is C23H25F2NO4S. The number of sulfone groups is 1.